The van der Waals surface area contributed by atoms with Crippen LogP contribution in [0.1, 0.15) is 103 Å². The smallest absolute Gasteiger partial charge is 0.291 e. The van der Waals surface area contributed by atoms with E-state index in [0.29, 0.717) is 23.9 Å². The first-order chi connectivity index (χ1) is 20.1. The van der Waals surface area contributed by atoms with E-state index >= 15 is 0 Å². The van der Waals surface area contributed by atoms with Crippen molar-refractivity contribution in [1.82, 2.24) is 20.7 Å². The molecule has 2 aliphatic carbocycles. The highest BCUT2D eigenvalue weighted by atomic mass is 32.2. The first-order valence-electron chi connectivity index (χ1n) is 16.3. The number of hydrogen-bond donors (Lipinski definition) is 2. The summed E-state index contributed by atoms with van der Waals surface area (Å²) in [6.45, 7) is 14.0. The van der Waals surface area contributed by atoms with Crippen molar-refractivity contribution in [2.24, 2.45) is 23.2 Å². The fourth-order valence-corrected chi connectivity index (χ4v) is 8.38. The van der Waals surface area contributed by atoms with Gasteiger partial charge in [0, 0.05) is 37.5 Å². The Labute approximate surface area is 255 Å². The zero-order valence-electron chi connectivity index (χ0n) is 26.3. The average Bonchev–Trinajstić information content (AvgIpc) is 3.28. The molecule has 42 heavy (non-hydrogen) atoms. The third-order valence-corrected chi connectivity index (χ3v) is 11.0. The van der Waals surface area contributed by atoms with Crippen LogP contribution in [0, 0.1) is 23.2 Å². The summed E-state index contributed by atoms with van der Waals surface area (Å²) in [5.74, 6) is 2.39. The Bertz CT molecular complexity index is 1060. The SMILES string of the molecule is CC(C)Sc1c(OCC(C)(C)C(=O)N2CCC3(CC2)CNCCO3)noc1C(=O)NC(C)C1CC2CCCCC(C2)C1. The molecular weight excluding hydrogens is 552 g/mol. The zero-order chi connectivity index (χ0) is 29.9. The largest absolute Gasteiger partial charge is 0.474 e. The summed E-state index contributed by atoms with van der Waals surface area (Å²) in [5.41, 5.74) is -0.910. The fraction of sp³-hybridized carbons (Fsp3) is 0.844. The molecule has 9 nitrogen and oxygen atoms in total. The molecule has 1 aromatic heterocycles. The summed E-state index contributed by atoms with van der Waals surface area (Å²) in [6.07, 6.45) is 10.8. The number of amides is 2. The molecule has 0 aromatic carbocycles. The molecule has 3 atom stereocenters. The van der Waals surface area contributed by atoms with Crippen LogP contribution in [0.3, 0.4) is 0 Å². The van der Waals surface area contributed by atoms with E-state index in [1.807, 2.05) is 18.7 Å². The molecule has 2 bridgehead atoms. The van der Waals surface area contributed by atoms with Gasteiger partial charge in [0.05, 0.1) is 17.6 Å². The molecule has 10 heteroatoms. The Hall–Kier alpha value is -1.78. The standard InChI is InChI=1S/C32H52N4O5S/c1-21(2)42-27-26(28(37)34-22(3)25-17-23-8-6-7-9-24(16-23)18-25)41-35-29(27)39-20-31(4,5)30(38)36-13-10-32(11-14-36)19-33-12-15-40-32/h21-25,33H,6-20H2,1-5H3,(H,34,37). The summed E-state index contributed by atoms with van der Waals surface area (Å²) >= 11 is 1.51. The van der Waals surface area contributed by atoms with E-state index in [2.05, 4.69) is 36.6 Å². The normalized spacial score (nSPS) is 27.0. The summed E-state index contributed by atoms with van der Waals surface area (Å²) in [7, 11) is 0. The lowest BCUT2D eigenvalue weighted by molar-refractivity contribution is -0.150. The lowest BCUT2D eigenvalue weighted by Gasteiger charge is -2.45. The second kappa shape index (κ2) is 13.5. The van der Waals surface area contributed by atoms with Gasteiger partial charge in [0.1, 0.15) is 11.5 Å². The van der Waals surface area contributed by atoms with E-state index in [4.69, 9.17) is 14.0 Å². The molecule has 2 saturated carbocycles. The van der Waals surface area contributed by atoms with Crippen LogP contribution < -0.4 is 15.4 Å². The number of morpholine rings is 1. The van der Waals surface area contributed by atoms with Crippen molar-refractivity contribution in [2.75, 3.05) is 39.4 Å². The third kappa shape index (κ3) is 7.46. The van der Waals surface area contributed by atoms with Gasteiger partial charge in [-0.25, -0.2) is 0 Å². The van der Waals surface area contributed by atoms with Crippen molar-refractivity contribution >= 4 is 23.6 Å². The van der Waals surface area contributed by atoms with E-state index in [9.17, 15) is 9.59 Å². The van der Waals surface area contributed by atoms with Crippen molar-refractivity contribution in [3.63, 3.8) is 0 Å². The molecule has 3 heterocycles. The number of piperidine rings is 1. The maximum absolute atomic E-state index is 13.5. The van der Waals surface area contributed by atoms with Crippen molar-refractivity contribution in [3.05, 3.63) is 5.76 Å². The maximum Gasteiger partial charge on any atom is 0.291 e. The number of ether oxygens (including phenoxy) is 2. The average molecular weight is 605 g/mol. The number of hydrogen-bond acceptors (Lipinski definition) is 8. The molecule has 236 valence electrons. The number of carbonyl (C=O) groups excluding carboxylic acids is 2. The highest BCUT2D eigenvalue weighted by molar-refractivity contribution is 8.00. The Morgan fingerprint density at radius 1 is 1.14 bits per heavy atom. The molecule has 1 spiro atoms. The monoisotopic (exact) mass is 604 g/mol. The molecule has 2 aliphatic heterocycles. The van der Waals surface area contributed by atoms with Gasteiger partial charge < -0.3 is 29.5 Å². The quantitative estimate of drug-likeness (QED) is 0.367. The molecule has 2 saturated heterocycles. The molecular formula is C32H52N4O5S. The number of rotatable bonds is 9. The Balaban J connectivity index is 1.19. The summed E-state index contributed by atoms with van der Waals surface area (Å²) in [5, 5.41) is 11.0. The van der Waals surface area contributed by atoms with Gasteiger partial charge in [-0.15, -0.1) is 11.8 Å². The van der Waals surface area contributed by atoms with Crippen LogP contribution in [0.4, 0.5) is 0 Å². The fourth-order valence-electron chi connectivity index (χ4n) is 7.48. The van der Waals surface area contributed by atoms with Crippen molar-refractivity contribution in [2.45, 2.75) is 114 Å². The number of aromatic nitrogens is 1. The Morgan fingerprint density at radius 3 is 2.45 bits per heavy atom. The number of nitrogens with zero attached hydrogens (tertiary/aromatic N) is 2. The molecule has 5 rings (SSSR count). The van der Waals surface area contributed by atoms with Gasteiger partial charge in [-0.3, -0.25) is 9.59 Å². The number of thioether (sulfide) groups is 1. The van der Waals surface area contributed by atoms with Crippen molar-refractivity contribution < 1.29 is 23.6 Å². The molecule has 2 amide bonds. The van der Waals surface area contributed by atoms with Crippen LogP contribution in [0.25, 0.3) is 0 Å². The molecule has 1 aromatic rings. The highest BCUT2D eigenvalue weighted by Crippen LogP contribution is 2.43. The minimum absolute atomic E-state index is 0.0579. The summed E-state index contributed by atoms with van der Waals surface area (Å²) in [4.78, 5) is 29.6. The van der Waals surface area contributed by atoms with E-state index in [0.717, 1.165) is 44.4 Å². The second-order valence-corrected chi connectivity index (χ2v) is 15.8. The lowest BCUT2D eigenvalue weighted by Crippen LogP contribution is -2.57. The van der Waals surface area contributed by atoms with Crippen LogP contribution >= 0.6 is 11.8 Å². The second-order valence-electron chi connectivity index (χ2n) is 14.2. The van der Waals surface area contributed by atoms with Gasteiger partial charge in [-0.05, 0) is 75.8 Å². The topological polar surface area (TPSA) is 106 Å². The Morgan fingerprint density at radius 2 is 1.83 bits per heavy atom. The number of likely N-dealkylation sites (tertiary alicyclic amines) is 1. The first-order valence-corrected chi connectivity index (χ1v) is 17.2. The predicted molar refractivity (Wildman–Crippen MR) is 164 cm³/mol. The molecule has 4 aliphatic rings. The summed E-state index contributed by atoms with van der Waals surface area (Å²) < 4.78 is 17.9. The van der Waals surface area contributed by atoms with Crippen LogP contribution in [0.15, 0.2) is 9.42 Å². The van der Waals surface area contributed by atoms with E-state index < -0.39 is 5.41 Å². The van der Waals surface area contributed by atoms with E-state index in [1.165, 1.54) is 56.7 Å². The van der Waals surface area contributed by atoms with E-state index in [1.54, 1.807) is 0 Å². The van der Waals surface area contributed by atoms with Crippen molar-refractivity contribution in [3.8, 4) is 5.88 Å². The van der Waals surface area contributed by atoms with Crippen LogP contribution in [0.5, 0.6) is 5.88 Å². The lowest BCUT2D eigenvalue weighted by atomic mass is 9.72. The van der Waals surface area contributed by atoms with E-state index in [-0.39, 0.29) is 47.0 Å². The third-order valence-electron chi connectivity index (χ3n) is 9.90. The number of carbonyl (C=O) groups is 2. The first kappa shape index (κ1) is 31.6. The maximum atomic E-state index is 13.5. The summed E-state index contributed by atoms with van der Waals surface area (Å²) in [6, 6.07) is 0.0716. The zero-order valence-corrected chi connectivity index (χ0v) is 27.2. The molecule has 3 unspecified atom stereocenters. The van der Waals surface area contributed by atoms with Crippen LogP contribution in [-0.4, -0.2) is 78.2 Å². The number of fused-ring (bicyclic) bond motifs is 2. The van der Waals surface area contributed by atoms with Gasteiger partial charge in [-0.2, -0.15) is 0 Å². The minimum Gasteiger partial charge on any atom is -0.474 e. The van der Waals surface area contributed by atoms with Gasteiger partial charge in [-0.1, -0.05) is 39.5 Å². The number of nitrogens with one attached hydrogen (secondary N) is 2. The van der Waals surface area contributed by atoms with Crippen molar-refractivity contribution in [1.29, 1.82) is 0 Å². The van der Waals surface area contributed by atoms with Gasteiger partial charge >= 0.3 is 0 Å². The Kier molecular flexibility index (Phi) is 10.1. The molecule has 2 N–H and O–H groups in total. The van der Waals surface area contributed by atoms with Crippen LogP contribution in [-0.2, 0) is 9.53 Å². The molecule has 0 radical (unpaired) electrons. The van der Waals surface area contributed by atoms with Gasteiger partial charge in [0.25, 0.3) is 11.8 Å². The predicted octanol–water partition coefficient (Wildman–Crippen LogP) is 5.29. The van der Waals surface area contributed by atoms with Gasteiger partial charge in [0.15, 0.2) is 0 Å². The minimum atomic E-state index is -0.760. The van der Waals surface area contributed by atoms with Gasteiger partial charge in [0.2, 0.25) is 11.7 Å². The molecule has 4 fully saturated rings. The van der Waals surface area contributed by atoms with Crippen LogP contribution in [0.2, 0.25) is 0 Å². The highest BCUT2D eigenvalue weighted by Gasteiger charge is 2.42.